The van der Waals surface area contributed by atoms with Crippen molar-refractivity contribution in [1.29, 1.82) is 0 Å². The fourth-order valence-electron chi connectivity index (χ4n) is 10.9. The first kappa shape index (κ1) is 34.0. The Morgan fingerprint density at radius 3 is 1.78 bits per heavy atom. The molecule has 2 aliphatic heterocycles. The molecule has 0 aromatic heterocycles. The van der Waals surface area contributed by atoms with E-state index in [0.29, 0.717) is 0 Å². The maximum absolute atomic E-state index is 16.1. The van der Waals surface area contributed by atoms with Gasteiger partial charge in [0.25, 0.3) is 0 Å². The van der Waals surface area contributed by atoms with Gasteiger partial charge >= 0.3 is 341 Å². The third-order valence-electron chi connectivity index (χ3n) is 13.4. The van der Waals surface area contributed by atoms with Crippen LogP contribution >= 0.6 is 14.4 Å². The summed E-state index contributed by atoms with van der Waals surface area (Å²) in [6.07, 6.45) is 8.17. The minimum atomic E-state index is -3.11. The Labute approximate surface area is 339 Å². The summed E-state index contributed by atoms with van der Waals surface area (Å²) in [5.74, 6) is 0. The Bertz CT molecular complexity index is 3260. The van der Waals surface area contributed by atoms with E-state index >= 15 is 4.57 Å². The molecule has 0 radical (unpaired) electrons. The zero-order valence-electron chi connectivity index (χ0n) is 32.2. The number of hydrogen-bond acceptors (Lipinski definition) is 1. The van der Waals surface area contributed by atoms with Crippen LogP contribution in [0.25, 0.3) is 76.8 Å². The predicted octanol–water partition coefficient (Wildman–Crippen LogP) is 12.6. The Morgan fingerprint density at radius 2 is 1.09 bits per heavy atom. The molecule has 12 rings (SSSR count). The summed E-state index contributed by atoms with van der Waals surface area (Å²) >= 11 is 0. The average molecular weight is 779 g/mol. The van der Waals surface area contributed by atoms with E-state index in [4.69, 9.17) is 0 Å². The Morgan fingerprint density at radius 1 is 0.483 bits per heavy atom. The molecule has 9 aromatic rings. The topological polar surface area (TPSA) is 17.1 Å². The molecule has 1 atom stereocenters. The van der Waals surface area contributed by atoms with E-state index in [-0.39, 0.29) is 0 Å². The third-order valence-corrected chi connectivity index (χ3v) is 21.2. The second-order valence-corrected chi connectivity index (χ2v) is 22.9. The zero-order valence-corrected chi connectivity index (χ0v) is 34.1. The number of rotatable bonds is 4. The number of benzene rings is 9. The van der Waals surface area contributed by atoms with E-state index in [2.05, 4.69) is 201 Å². The summed E-state index contributed by atoms with van der Waals surface area (Å²) in [4.78, 5) is 0. The molecule has 0 amide bonds. The Kier molecular flexibility index (Phi) is 7.44. The predicted molar refractivity (Wildman–Crippen MR) is 254 cm³/mol. The van der Waals surface area contributed by atoms with E-state index in [1.54, 1.807) is 0 Å². The van der Waals surface area contributed by atoms with Crippen molar-refractivity contribution < 1.29 is 4.57 Å². The van der Waals surface area contributed by atoms with Crippen molar-refractivity contribution in [3.8, 4) is 44.5 Å². The van der Waals surface area contributed by atoms with E-state index in [0.717, 1.165) is 39.9 Å². The van der Waals surface area contributed by atoms with Crippen molar-refractivity contribution in [2.45, 2.75) is 12.8 Å². The fourth-order valence-corrected chi connectivity index (χ4v) is 18.3. The van der Waals surface area contributed by atoms with Gasteiger partial charge in [0.2, 0.25) is 0 Å². The molecule has 1 aliphatic carbocycles. The molecule has 58 heavy (non-hydrogen) atoms. The van der Waals surface area contributed by atoms with E-state index < -0.39 is 14.4 Å². The molecule has 9 aromatic carbocycles. The van der Waals surface area contributed by atoms with Crippen LogP contribution in [-0.4, -0.2) is 6.66 Å². The van der Waals surface area contributed by atoms with Gasteiger partial charge in [-0.2, -0.15) is 0 Å². The standard InChI is InChI=1S/C55H40OP2/c1-57(37-21-7-3-8-22-37)47-31-17-15-29-44(47)54-50(57)35-46(52-41-27-13-11-25-39(41)51(36-19-5-2-6-20-36)40-26-12-14-28-42(40)52)43-33-34-49-53(55(43)54)45-30-16-18-32-48(45)58(49,56)38-23-9-4-10-24-38/h2-9,11-23,25-35,57H,10,24H2,1H3. The summed E-state index contributed by atoms with van der Waals surface area (Å²) < 4.78 is 16.1. The molecule has 0 N–H and O–H groups in total. The Balaban J connectivity index is 1.31. The van der Waals surface area contributed by atoms with Crippen LogP contribution in [0.4, 0.5) is 0 Å². The van der Waals surface area contributed by atoms with Gasteiger partial charge in [-0.25, -0.2) is 0 Å². The molecule has 0 saturated carbocycles. The number of allylic oxidation sites excluding steroid dienone is 4. The van der Waals surface area contributed by atoms with Crippen LogP contribution in [0.3, 0.4) is 0 Å². The molecule has 2 heterocycles. The average Bonchev–Trinajstić information content (AvgIpc) is 3.72. The van der Waals surface area contributed by atoms with Gasteiger partial charge in [0.1, 0.15) is 0 Å². The normalized spacial score (nSPS) is 17.8. The molecule has 0 spiro atoms. The second-order valence-electron chi connectivity index (χ2n) is 16.2. The van der Waals surface area contributed by atoms with Crippen molar-refractivity contribution in [2.75, 3.05) is 6.66 Å². The van der Waals surface area contributed by atoms with E-state index in [1.807, 2.05) is 0 Å². The molecular formula is C55H40OP2. The minimum absolute atomic E-state index is 0.811. The van der Waals surface area contributed by atoms with Gasteiger partial charge in [-0.05, 0) is 0 Å². The summed E-state index contributed by atoms with van der Waals surface area (Å²) in [6.45, 7) is 2.55. The van der Waals surface area contributed by atoms with Crippen molar-refractivity contribution in [1.82, 2.24) is 0 Å². The number of fused-ring (bicyclic) bond motifs is 11. The molecule has 1 unspecified atom stereocenters. The molecule has 1 nitrogen and oxygen atoms in total. The van der Waals surface area contributed by atoms with Gasteiger partial charge in [-0.15, -0.1) is 0 Å². The quantitative estimate of drug-likeness (QED) is 0.128. The summed E-state index contributed by atoms with van der Waals surface area (Å²) in [5, 5.41) is 14.7. The second kappa shape index (κ2) is 12.7. The van der Waals surface area contributed by atoms with Gasteiger partial charge in [0.05, 0.1) is 0 Å². The molecule has 0 fully saturated rings. The van der Waals surface area contributed by atoms with Crippen LogP contribution in [0.5, 0.6) is 0 Å². The van der Waals surface area contributed by atoms with Crippen LogP contribution in [0.1, 0.15) is 12.8 Å². The first-order chi connectivity index (χ1) is 28.6. The van der Waals surface area contributed by atoms with Crippen LogP contribution in [-0.2, 0) is 4.57 Å². The molecule has 276 valence electrons. The molecule has 0 saturated heterocycles. The van der Waals surface area contributed by atoms with Crippen LogP contribution in [0.15, 0.2) is 199 Å². The third kappa shape index (κ3) is 4.50. The Hall–Kier alpha value is -6.10. The van der Waals surface area contributed by atoms with Crippen molar-refractivity contribution >= 4 is 73.2 Å². The first-order valence-electron chi connectivity index (χ1n) is 20.4. The van der Waals surface area contributed by atoms with Crippen LogP contribution in [0.2, 0.25) is 0 Å². The van der Waals surface area contributed by atoms with Gasteiger partial charge < -0.3 is 0 Å². The molecular weight excluding hydrogens is 739 g/mol. The zero-order chi connectivity index (χ0) is 38.6. The molecule has 0 bridgehead atoms. The van der Waals surface area contributed by atoms with Crippen LogP contribution in [0, 0.1) is 0 Å². The van der Waals surface area contributed by atoms with Crippen molar-refractivity contribution in [3.63, 3.8) is 0 Å². The van der Waals surface area contributed by atoms with Crippen LogP contribution < -0.4 is 26.5 Å². The summed E-state index contributed by atoms with van der Waals surface area (Å²) in [6, 6.07) is 65.0. The van der Waals surface area contributed by atoms with Gasteiger partial charge in [0.15, 0.2) is 0 Å². The first-order valence-corrected chi connectivity index (χ1v) is 24.6. The van der Waals surface area contributed by atoms with Crippen molar-refractivity contribution in [3.05, 3.63) is 199 Å². The van der Waals surface area contributed by atoms with Gasteiger partial charge in [0, 0.05) is 0 Å². The van der Waals surface area contributed by atoms with E-state index in [1.165, 1.54) is 81.6 Å². The van der Waals surface area contributed by atoms with Gasteiger partial charge in [-0.3, -0.25) is 0 Å². The van der Waals surface area contributed by atoms with Gasteiger partial charge in [-0.1, -0.05) is 0 Å². The maximum atomic E-state index is 16.1. The summed E-state index contributed by atoms with van der Waals surface area (Å²) in [7, 11) is -5.68. The number of hydrogen-bond donors (Lipinski definition) is 0. The SMILES string of the molecule is C[PH]1(c2ccccc2)c2ccccc2-c2c1cc(-c1c3ccccc3c(-c3ccccc3)c3ccccc13)c1ccc3c(c21)-c1ccccc1P3(=O)C1=CC=CCC1. The monoisotopic (exact) mass is 778 g/mol. The fraction of sp³-hybridized carbons (Fsp3) is 0.0545. The molecule has 3 heteroatoms. The van der Waals surface area contributed by atoms with E-state index in [9.17, 15) is 0 Å². The van der Waals surface area contributed by atoms with Crippen molar-refractivity contribution in [2.24, 2.45) is 0 Å². The molecule has 3 aliphatic rings. The summed E-state index contributed by atoms with van der Waals surface area (Å²) in [5.41, 5.74) is 9.88.